The summed E-state index contributed by atoms with van der Waals surface area (Å²) >= 11 is 0. The highest BCUT2D eigenvalue weighted by atomic mass is 15.2. The number of aryl methyl sites for hydroxylation is 2. The SMILES string of the molecule is Cc1ncc(N2CCCN(CCCN)CC2)nc1C. The molecule has 0 bridgehead atoms. The molecule has 0 unspecified atom stereocenters. The average molecular weight is 263 g/mol. The molecule has 0 saturated carbocycles. The molecule has 1 aromatic heterocycles. The molecule has 2 heterocycles. The van der Waals surface area contributed by atoms with Gasteiger partial charge in [0.25, 0.3) is 0 Å². The van der Waals surface area contributed by atoms with Gasteiger partial charge in [-0.3, -0.25) is 4.98 Å². The van der Waals surface area contributed by atoms with Crippen molar-refractivity contribution in [1.29, 1.82) is 0 Å². The van der Waals surface area contributed by atoms with Crippen LogP contribution in [0.2, 0.25) is 0 Å². The van der Waals surface area contributed by atoms with E-state index < -0.39 is 0 Å². The molecule has 0 atom stereocenters. The molecule has 1 fully saturated rings. The van der Waals surface area contributed by atoms with Gasteiger partial charge in [-0.25, -0.2) is 4.98 Å². The highest BCUT2D eigenvalue weighted by Crippen LogP contribution is 2.14. The van der Waals surface area contributed by atoms with E-state index in [-0.39, 0.29) is 0 Å². The normalized spacial score (nSPS) is 17.5. The van der Waals surface area contributed by atoms with E-state index in [0.29, 0.717) is 0 Å². The van der Waals surface area contributed by atoms with Crippen molar-refractivity contribution in [3.63, 3.8) is 0 Å². The third-order valence-electron chi connectivity index (χ3n) is 3.77. The maximum absolute atomic E-state index is 5.58. The Morgan fingerprint density at radius 1 is 1.16 bits per heavy atom. The smallest absolute Gasteiger partial charge is 0.147 e. The molecule has 2 rings (SSSR count). The van der Waals surface area contributed by atoms with Crippen LogP contribution in [0.5, 0.6) is 0 Å². The van der Waals surface area contributed by atoms with Crippen molar-refractivity contribution in [2.75, 3.05) is 44.2 Å². The summed E-state index contributed by atoms with van der Waals surface area (Å²) in [5.74, 6) is 1.02. The van der Waals surface area contributed by atoms with Gasteiger partial charge >= 0.3 is 0 Å². The van der Waals surface area contributed by atoms with E-state index in [4.69, 9.17) is 5.73 Å². The molecule has 106 valence electrons. The number of aromatic nitrogens is 2. The first-order valence-electron chi connectivity index (χ1n) is 7.18. The second-order valence-electron chi connectivity index (χ2n) is 5.22. The van der Waals surface area contributed by atoms with Crippen LogP contribution in [0.25, 0.3) is 0 Å². The summed E-state index contributed by atoms with van der Waals surface area (Å²) < 4.78 is 0. The second kappa shape index (κ2) is 6.82. The Hall–Kier alpha value is -1.20. The Labute approximate surface area is 115 Å². The predicted molar refractivity (Wildman–Crippen MR) is 78.4 cm³/mol. The fourth-order valence-electron chi connectivity index (χ4n) is 2.42. The van der Waals surface area contributed by atoms with E-state index in [2.05, 4.69) is 19.8 Å². The predicted octanol–water partition coefficient (Wildman–Crippen LogP) is 0.954. The van der Waals surface area contributed by atoms with Gasteiger partial charge in [0.2, 0.25) is 0 Å². The first-order chi connectivity index (χ1) is 9.20. The molecule has 1 aromatic rings. The minimum atomic E-state index is 0.781. The minimum Gasteiger partial charge on any atom is -0.354 e. The molecule has 5 nitrogen and oxygen atoms in total. The van der Waals surface area contributed by atoms with Crippen molar-refractivity contribution < 1.29 is 0 Å². The van der Waals surface area contributed by atoms with Gasteiger partial charge in [0.1, 0.15) is 5.82 Å². The van der Waals surface area contributed by atoms with Gasteiger partial charge in [-0.1, -0.05) is 0 Å². The molecule has 19 heavy (non-hydrogen) atoms. The summed E-state index contributed by atoms with van der Waals surface area (Å²) in [5.41, 5.74) is 7.62. The minimum absolute atomic E-state index is 0.781. The summed E-state index contributed by atoms with van der Waals surface area (Å²) in [7, 11) is 0. The number of nitrogens with two attached hydrogens (primary N) is 1. The Balaban J connectivity index is 1.96. The second-order valence-corrected chi connectivity index (χ2v) is 5.22. The molecule has 1 saturated heterocycles. The lowest BCUT2D eigenvalue weighted by molar-refractivity contribution is 0.291. The van der Waals surface area contributed by atoms with Crippen molar-refractivity contribution in [3.05, 3.63) is 17.6 Å². The van der Waals surface area contributed by atoms with E-state index in [0.717, 1.165) is 62.9 Å². The van der Waals surface area contributed by atoms with Crippen LogP contribution in [0.15, 0.2) is 6.20 Å². The number of nitrogens with zero attached hydrogens (tertiary/aromatic N) is 4. The Bertz CT molecular complexity index is 407. The van der Waals surface area contributed by atoms with Gasteiger partial charge in [0.15, 0.2) is 0 Å². The first kappa shape index (κ1) is 14.2. The van der Waals surface area contributed by atoms with Gasteiger partial charge < -0.3 is 15.5 Å². The molecule has 0 amide bonds. The van der Waals surface area contributed by atoms with Crippen LogP contribution in [0, 0.1) is 13.8 Å². The molecular weight excluding hydrogens is 238 g/mol. The lowest BCUT2D eigenvalue weighted by atomic mass is 10.3. The maximum Gasteiger partial charge on any atom is 0.147 e. The topological polar surface area (TPSA) is 58.3 Å². The summed E-state index contributed by atoms with van der Waals surface area (Å²) in [5, 5.41) is 0. The zero-order valence-corrected chi connectivity index (χ0v) is 12.1. The standard InChI is InChI=1S/C14H25N5/c1-12-13(2)17-14(11-16-12)19-8-4-7-18(9-10-19)6-3-5-15/h11H,3-10,15H2,1-2H3. The Morgan fingerprint density at radius 2 is 2.00 bits per heavy atom. The molecule has 5 heteroatoms. The number of hydrogen-bond acceptors (Lipinski definition) is 5. The van der Waals surface area contributed by atoms with Gasteiger partial charge in [-0.15, -0.1) is 0 Å². The third-order valence-corrected chi connectivity index (χ3v) is 3.77. The van der Waals surface area contributed by atoms with Crippen molar-refractivity contribution in [3.8, 4) is 0 Å². The molecular formula is C14H25N5. The van der Waals surface area contributed by atoms with Gasteiger partial charge in [-0.2, -0.15) is 0 Å². The zero-order chi connectivity index (χ0) is 13.7. The van der Waals surface area contributed by atoms with Crippen LogP contribution in [0.4, 0.5) is 5.82 Å². The number of hydrogen-bond donors (Lipinski definition) is 1. The van der Waals surface area contributed by atoms with Crippen molar-refractivity contribution in [2.45, 2.75) is 26.7 Å². The van der Waals surface area contributed by atoms with Crippen LogP contribution in [-0.4, -0.2) is 54.1 Å². The van der Waals surface area contributed by atoms with Crippen molar-refractivity contribution in [2.24, 2.45) is 5.73 Å². The molecule has 0 aliphatic carbocycles. The van der Waals surface area contributed by atoms with E-state index in [1.54, 1.807) is 0 Å². The van der Waals surface area contributed by atoms with Crippen LogP contribution in [-0.2, 0) is 0 Å². The van der Waals surface area contributed by atoms with E-state index in [1.807, 2.05) is 20.0 Å². The van der Waals surface area contributed by atoms with Crippen LogP contribution < -0.4 is 10.6 Å². The highest BCUT2D eigenvalue weighted by Gasteiger charge is 2.16. The van der Waals surface area contributed by atoms with Crippen molar-refractivity contribution in [1.82, 2.24) is 14.9 Å². The molecule has 2 N–H and O–H groups in total. The number of rotatable bonds is 4. The molecule has 0 radical (unpaired) electrons. The Kier molecular flexibility index (Phi) is 5.10. The third kappa shape index (κ3) is 3.88. The maximum atomic E-state index is 5.58. The molecule has 0 spiro atoms. The van der Waals surface area contributed by atoms with Gasteiger partial charge in [-0.05, 0) is 46.3 Å². The van der Waals surface area contributed by atoms with E-state index >= 15 is 0 Å². The van der Waals surface area contributed by atoms with Crippen molar-refractivity contribution >= 4 is 5.82 Å². The molecule has 1 aliphatic heterocycles. The molecule has 0 aromatic carbocycles. The van der Waals surface area contributed by atoms with Crippen LogP contribution in [0.3, 0.4) is 0 Å². The van der Waals surface area contributed by atoms with E-state index in [1.165, 1.54) is 6.42 Å². The fourth-order valence-corrected chi connectivity index (χ4v) is 2.42. The zero-order valence-electron chi connectivity index (χ0n) is 12.1. The quantitative estimate of drug-likeness (QED) is 0.876. The summed E-state index contributed by atoms with van der Waals surface area (Å²) in [6.07, 6.45) is 4.17. The summed E-state index contributed by atoms with van der Waals surface area (Å²) in [6, 6.07) is 0. The number of anilines is 1. The monoisotopic (exact) mass is 263 g/mol. The lowest BCUT2D eigenvalue weighted by Gasteiger charge is -2.22. The largest absolute Gasteiger partial charge is 0.354 e. The van der Waals surface area contributed by atoms with Gasteiger partial charge in [0.05, 0.1) is 17.6 Å². The summed E-state index contributed by atoms with van der Waals surface area (Å²) in [6.45, 7) is 10.3. The lowest BCUT2D eigenvalue weighted by Crippen LogP contribution is -2.32. The Morgan fingerprint density at radius 3 is 2.74 bits per heavy atom. The van der Waals surface area contributed by atoms with Gasteiger partial charge in [0, 0.05) is 19.6 Å². The van der Waals surface area contributed by atoms with Crippen LogP contribution in [0.1, 0.15) is 24.2 Å². The highest BCUT2D eigenvalue weighted by molar-refractivity contribution is 5.37. The van der Waals surface area contributed by atoms with E-state index in [9.17, 15) is 0 Å². The van der Waals surface area contributed by atoms with Crippen LogP contribution >= 0.6 is 0 Å². The first-order valence-corrected chi connectivity index (χ1v) is 7.18. The summed E-state index contributed by atoms with van der Waals surface area (Å²) in [4.78, 5) is 13.9. The average Bonchev–Trinajstić information content (AvgIpc) is 2.65. The fraction of sp³-hybridized carbons (Fsp3) is 0.714. The molecule has 1 aliphatic rings.